The van der Waals surface area contributed by atoms with Crippen LogP contribution in [0.5, 0.6) is 5.75 Å². The first-order valence-electron chi connectivity index (χ1n) is 7.62. The van der Waals surface area contributed by atoms with Gasteiger partial charge in [0.1, 0.15) is 11.4 Å². The molecular formula is C17H27NO3. The second-order valence-corrected chi connectivity index (χ2v) is 6.22. The SMILES string of the molecule is CC(C)(C)OC(=O)NCCCCCCc1ccccc1O. The Labute approximate surface area is 127 Å². The van der Waals surface area contributed by atoms with Gasteiger partial charge in [-0.15, -0.1) is 0 Å². The number of alkyl carbamates (subject to hydrolysis) is 1. The molecule has 0 radical (unpaired) electrons. The summed E-state index contributed by atoms with van der Waals surface area (Å²) in [7, 11) is 0. The fraction of sp³-hybridized carbons (Fsp3) is 0.588. The van der Waals surface area contributed by atoms with Crippen molar-refractivity contribution < 1.29 is 14.6 Å². The van der Waals surface area contributed by atoms with Gasteiger partial charge in [-0.25, -0.2) is 4.79 Å². The Morgan fingerprint density at radius 1 is 1.14 bits per heavy atom. The number of hydrogen-bond donors (Lipinski definition) is 2. The van der Waals surface area contributed by atoms with E-state index in [9.17, 15) is 9.90 Å². The maximum Gasteiger partial charge on any atom is 0.407 e. The number of aryl methyl sites for hydroxylation is 1. The number of para-hydroxylation sites is 1. The Hall–Kier alpha value is -1.71. The lowest BCUT2D eigenvalue weighted by molar-refractivity contribution is 0.0527. The summed E-state index contributed by atoms with van der Waals surface area (Å²) < 4.78 is 5.16. The molecule has 1 aromatic carbocycles. The van der Waals surface area contributed by atoms with Gasteiger partial charge in [-0.3, -0.25) is 0 Å². The van der Waals surface area contributed by atoms with Gasteiger partial charge >= 0.3 is 6.09 Å². The molecule has 0 aliphatic rings. The van der Waals surface area contributed by atoms with Gasteiger partial charge in [-0.05, 0) is 51.7 Å². The number of phenolic OH excluding ortho intramolecular Hbond substituents is 1. The molecule has 0 saturated heterocycles. The molecule has 0 bridgehead atoms. The normalized spacial score (nSPS) is 11.2. The van der Waals surface area contributed by atoms with Crippen LogP contribution in [0.4, 0.5) is 4.79 Å². The van der Waals surface area contributed by atoms with E-state index in [1.807, 2.05) is 39.0 Å². The summed E-state index contributed by atoms with van der Waals surface area (Å²) in [6, 6.07) is 7.46. The molecule has 0 heterocycles. The first-order chi connectivity index (χ1) is 9.88. The third-order valence-electron chi connectivity index (χ3n) is 3.03. The van der Waals surface area contributed by atoms with Gasteiger partial charge in [0.2, 0.25) is 0 Å². The Morgan fingerprint density at radius 3 is 2.48 bits per heavy atom. The zero-order chi connectivity index (χ0) is 15.7. The number of rotatable bonds is 7. The van der Waals surface area contributed by atoms with Crippen LogP contribution < -0.4 is 5.32 Å². The largest absolute Gasteiger partial charge is 0.508 e. The topological polar surface area (TPSA) is 58.6 Å². The summed E-state index contributed by atoms with van der Waals surface area (Å²) in [5.74, 6) is 0.379. The van der Waals surface area contributed by atoms with Gasteiger partial charge in [0.05, 0.1) is 0 Å². The standard InChI is InChI=1S/C17H27NO3/c1-17(2,3)21-16(20)18-13-9-5-4-6-10-14-11-7-8-12-15(14)19/h7-8,11-12,19H,4-6,9-10,13H2,1-3H3,(H,18,20). The van der Waals surface area contributed by atoms with Crippen molar-refractivity contribution in [2.75, 3.05) is 6.54 Å². The molecule has 1 aromatic rings. The second kappa shape index (κ2) is 8.55. The molecule has 0 aromatic heterocycles. The van der Waals surface area contributed by atoms with Gasteiger partial charge in [0.25, 0.3) is 0 Å². The van der Waals surface area contributed by atoms with Crippen molar-refractivity contribution in [3.63, 3.8) is 0 Å². The van der Waals surface area contributed by atoms with E-state index in [1.165, 1.54) is 0 Å². The van der Waals surface area contributed by atoms with Crippen molar-refractivity contribution in [2.24, 2.45) is 0 Å². The number of benzene rings is 1. The summed E-state index contributed by atoms with van der Waals surface area (Å²) >= 11 is 0. The quantitative estimate of drug-likeness (QED) is 0.746. The van der Waals surface area contributed by atoms with Crippen molar-refractivity contribution in [2.45, 2.75) is 58.5 Å². The van der Waals surface area contributed by atoms with Crippen LogP contribution >= 0.6 is 0 Å². The van der Waals surface area contributed by atoms with E-state index >= 15 is 0 Å². The first-order valence-corrected chi connectivity index (χ1v) is 7.62. The molecule has 0 atom stereocenters. The summed E-state index contributed by atoms with van der Waals surface area (Å²) in [5, 5.41) is 12.4. The second-order valence-electron chi connectivity index (χ2n) is 6.22. The monoisotopic (exact) mass is 293 g/mol. The highest BCUT2D eigenvalue weighted by molar-refractivity contribution is 5.67. The molecule has 4 nitrogen and oxygen atoms in total. The third kappa shape index (κ3) is 8.23. The first kappa shape index (κ1) is 17.3. The highest BCUT2D eigenvalue weighted by Gasteiger charge is 2.15. The number of nitrogens with one attached hydrogen (secondary N) is 1. The lowest BCUT2D eigenvalue weighted by Crippen LogP contribution is -2.32. The van der Waals surface area contributed by atoms with Crippen LogP contribution in [0.25, 0.3) is 0 Å². The molecule has 118 valence electrons. The Balaban J connectivity index is 2.03. The number of phenols is 1. The zero-order valence-electron chi connectivity index (χ0n) is 13.3. The van der Waals surface area contributed by atoms with E-state index in [-0.39, 0.29) is 6.09 Å². The molecule has 2 N–H and O–H groups in total. The molecule has 0 fully saturated rings. The van der Waals surface area contributed by atoms with Crippen molar-refractivity contribution in [3.05, 3.63) is 29.8 Å². The fourth-order valence-electron chi connectivity index (χ4n) is 2.02. The highest BCUT2D eigenvalue weighted by Crippen LogP contribution is 2.18. The smallest absolute Gasteiger partial charge is 0.407 e. The van der Waals surface area contributed by atoms with E-state index in [2.05, 4.69) is 5.32 Å². The van der Waals surface area contributed by atoms with E-state index in [0.717, 1.165) is 37.7 Å². The lowest BCUT2D eigenvalue weighted by Gasteiger charge is -2.19. The van der Waals surface area contributed by atoms with Gasteiger partial charge in [-0.2, -0.15) is 0 Å². The van der Waals surface area contributed by atoms with E-state index in [1.54, 1.807) is 6.07 Å². The van der Waals surface area contributed by atoms with E-state index in [0.29, 0.717) is 12.3 Å². The molecule has 0 unspecified atom stereocenters. The predicted molar refractivity (Wildman–Crippen MR) is 84.5 cm³/mol. The van der Waals surface area contributed by atoms with Crippen LogP contribution in [-0.4, -0.2) is 23.3 Å². The number of unbranched alkanes of at least 4 members (excludes halogenated alkanes) is 3. The third-order valence-corrected chi connectivity index (χ3v) is 3.03. The van der Waals surface area contributed by atoms with Gasteiger partial charge in [0, 0.05) is 6.54 Å². The number of aromatic hydroxyl groups is 1. The predicted octanol–water partition coefficient (Wildman–Crippen LogP) is 4.02. The number of carbonyl (C=O) groups is 1. The average molecular weight is 293 g/mol. The van der Waals surface area contributed by atoms with Crippen LogP contribution in [-0.2, 0) is 11.2 Å². The average Bonchev–Trinajstić information content (AvgIpc) is 2.37. The molecule has 0 saturated carbocycles. The van der Waals surface area contributed by atoms with Crippen molar-refractivity contribution in [3.8, 4) is 5.75 Å². The molecule has 0 aliphatic heterocycles. The van der Waals surface area contributed by atoms with Crippen molar-refractivity contribution in [1.82, 2.24) is 5.32 Å². The maximum absolute atomic E-state index is 11.4. The Kier molecular flexibility index (Phi) is 7.06. The van der Waals surface area contributed by atoms with E-state index < -0.39 is 5.60 Å². The minimum Gasteiger partial charge on any atom is -0.508 e. The molecule has 21 heavy (non-hydrogen) atoms. The van der Waals surface area contributed by atoms with Crippen LogP contribution in [0, 0.1) is 0 Å². The number of ether oxygens (including phenoxy) is 1. The number of amides is 1. The van der Waals surface area contributed by atoms with E-state index in [4.69, 9.17) is 4.74 Å². The minimum absolute atomic E-state index is 0.350. The maximum atomic E-state index is 11.4. The van der Waals surface area contributed by atoms with Crippen molar-refractivity contribution >= 4 is 6.09 Å². The molecule has 0 spiro atoms. The summed E-state index contributed by atoms with van der Waals surface area (Å²) in [6.45, 7) is 6.20. The lowest BCUT2D eigenvalue weighted by atomic mass is 10.1. The van der Waals surface area contributed by atoms with Crippen molar-refractivity contribution in [1.29, 1.82) is 0 Å². The Morgan fingerprint density at radius 2 is 1.81 bits per heavy atom. The molecular weight excluding hydrogens is 266 g/mol. The fourth-order valence-corrected chi connectivity index (χ4v) is 2.02. The van der Waals surface area contributed by atoms with Gasteiger partial charge < -0.3 is 15.2 Å². The van der Waals surface area contributed by atoms with Crippen LogP contribution in [0.2, 0.25) is 0 Å². The van der Waals surface area contributed by atoms with Gasteiger partial charge in [-0.1, -0.05) is 31.0 Å². The highest BCUT2D eigenvalue weighted by atomic mass is 16.6. The molecule has 1 rings (SSSR count). The molecule has 1 amide bonds. The summed E-state index contributed by atoms with van der Waals surface area (Å²) in [5.41, 5.74) is 0.561. The summed E-state index contributed by atoms with van der Waals surface area (Å²) in [4.78, 5) is 11.4. The number of carbonyl (C=O) groups excluding carboxylic acids is 1. The van der Waals surface area contributed by atoms with Crippen LogP contribution in [0.1, 0.15) is 52.0 Å². The van der Waals surface area contributed by atoms with Crippen LogP contribution in [0.15, 0.2) is 24.3 Å². The summed E-state index contributed by atoms with van der Waals surface area (Å²) in [6.07, 6.45) is 4.68. The minimum atomic E-state index is -0.443. The van der Waals surface area contributed by atoms with Crippen LogP contribution in [0.3, 0.4) is 0 Å². The number of hydrogen-bond acceptors (Lipinski definition) is 3. The van der Waals surface area contributed by atoms with Gasteiger partial charge in [0.15, 0.2) is 0 Å². The Bertz CT molecular complexity index is 438. The zero-order valence-corrected chi connectivity index (χ0v) is 13.3. The molecule has 0 aliphatic carbocycles. The molecule has 4 heteroatoms.